The van der Waals surface area contributed by atoms with E-state index in [0.29, 0.717) is 5.16 Å². The number of likely N-dealkylation sites (tertiary alicyclic amines) is 1. The molecule has 1 amide bonds. The Morgan fingerprint density at radius 3 is 2.62 bits per heavy atom. The van der Waals surface area contributed by atoms with E-state index in [2.05, 4.69) is 10.2 Å². The topological polar surface area (TPSA) is 88.3 Å². The van der Waals surface area contributed by atoms with Crippen molar-refractivity contribution in [3.63, 3.8) is 0 Å². The fraction of sp³-hybridized carbons (Fsp3) is 0.692. The maximum absolute atomic E-state index is 12.3. The highest BCUT2D eigenvalue weighted by Crippen LogP contribution is 2.19. The maximum Gasteiger partial charge on any atom is 0.313 e. The van der Waals surface area contributed by atoms with Gasteiger partial charge >= 0.3 is 5.97 Å². The van der Waals surface area contributed by atoms with Crippen molar-refractivity contribution in [1.82, 2.24) is 19.7 Å². The molecule has 2 rings (SSSR count). The maximum atomic E-state index is 12.3. The minimum Gasteiger partial charge on any atom is -0.481 e. The van der Waals surface area contributed by atoms with Crippen molar-refractivity contribution in [3.8, 4) is 0 Å². The van der Waals surface area contributed by atoms with E-state index >= 15 is 0 Å². The van der Waals surface area contributed by atoms with Crippen molar-refractivity contribution in [3.05, 3.63) is 5.82 Å². The van der Waals surface area contributed by atoms with E-state index in [1.165, 1.54) is 0 Å². The molecule has 0 aliphatic carbocycles. The van der Waals surface area contributed by atoms with Crippen LogP contribution in [0.25, 0.3) is 0 Å². The van der Waals surface area contributed by atoms with Crippen LogP contribution in [-0.2, 0) is 22.6 Å². The van der Waals surface area contributed by atoms with E-state index in [-0.39, 0.29) is 18.2 Å². The van der Waals surface area contributed by atoms with Crippen LogP contribution in [0.3, 0.4) is 0 Å². The molecule has 0 bridgehead atoms. The molecule has 8 heteroatoms. The predicted octanol–water partition coefficient (Wildman–Crippen LogP) is 1.03. The van der Waals surface area contributed by atoms with Crippen molar-refractivity contribution >= 4 is 23.6 Å². The van der Waals surface area contributed by atoms with Crippen LogP contribution in [0.2, 0.25) is 0 Å². The van der Waals surface area contributed by atoms with Gasteiger partial charge in [-0.15, -0.1) is 10.2 Å². The van der Waals surface area contributed by atoms with Gasteiger partial charge in [-0.25, -0.2) is 0 Å². The Kier molecular flexibility index (Phi) is 5.60. The van der Waals surface area contributed by atoms with Crippen LogP contribution in [0.1, 0.15) is 32.0 Å². The first-order chi connectivity index (χ1) is 10.1. The molecule has 1 aliphatic rings. The summed E-state index contributed by atoms with van der Waals surface area (Å²) in [6, 6.07) is 0. The zero-order valence-corrected chi connectivity index (χ0v) is 12.9. The quantitative estimate of drug-likeness (QED) is 0.757. The van der Waals surface area contributed by atoms with E-state index in [1.54, 1.807) is 4.57 Å². The Hall–Kier alpha value is -1.57. The molecular weight excluding hydrogens is 292 g/mol. The molecule has 1 fully saturated rings. The van der Waals surface area contributed by atoms with Crippen LogP contribution in [-0.4, -0.2) is 55.5 Å². The molecule has 21 heavy (non-hydrogen) atoms. The summed E-state index contributed by atoms with van der Waals surface area (Å²) in [6.07, 6.45) is 3.74. The summed E-state index contributed by atoms with van der Waals surface area (Å²) in [5.74, 6) is -0.181. The first-order valence-electron chi connectivity index (χ1n) is 7.16. The number of aliphatic carboxylic acids is 1. The number of rotatable bonds is 7. The first kappa shape index (κ1) is 15.8. The fourth-order valence-electron chi connectivity index (χ4n) is 2.32. The van der Waals surface area contributed by atoms with Crippen LogP contribution in [0.5, 0.6) is 0 Å². The van der Waals surface area contributed by atoms with Gasteiger partial charge in [-0.3, -0.25) is 14.2 Å². The van der Waals surface area contributed by atoms with E-state index < -0.39 is 5.97 Å². The first-order valence-corrected chi connectivity index (χ1v) is 8.14. The summed E-state index contributed by atoms with van der Waals surface area (Å²) in [7, 11) is 0. The number of amides is 1. The smallest absolute Gasteiger partial charge is 0.313 e. The molecule has 0 unspecified atom stereocenters. The summed E-state index contributed by atoms with van der Waals surface area (Å²) in [5, 5.41) is 17.4. The molecule has 1 saturated heterocycles. The highest BCUT2D eigenvalue weighted by Gasteiger charge is 2.21. The van der Waals surface area contributed by atoms with Gasteiger partial charge in [0.15, 0.2) is 5.16 Å². The van der Waals surface area contributed by atoms with Crippen LogP contribution < -0.4 is 0 Å². The van der Waals surface area contributed by atoms with Gasteiger partial charge in [0.1, 0.15) is 12.4 Å². The second kappa shape index (κ2) is 7.44. The van der Waals surface area contributed by atoms with Crippen molar-refractivity contribution in [2.24, 2.45) is 0 Å². The van der Waals surface area contributed by atoms with Crippen molar-refractivity contribution in [2.45, 2.75) is 44.3 Å². The molecule has 1 aromatic heterocycles. The Morgan fingerprint density at radius 1 is 1.29 bits per heavy atom. The summed E-state index contributed by atoms with van der Waals surface area (Å²) in [6.45, 7) is 3.85. The minimum absolute atomic E-state index is 0.0572. The van der Waals surface area contributed by atoms with Gasteiger partial charge in [0.2, 0.25) is 5.91 Å². The summed E-state index contributed by atoms with van der Waals surface area (Å²) < 4.78 is 1.76. The third kappa shape index (κ3) is 4.20. The number of carboxylic acids is 1. The van der Waals surface area contributed by atoms with Crippen LogP contribution >= 0.6 is 11.8 Å². The third-order valence-electron chi connectivity index (χ3n) is 3.34. The van der Waals surface area contributed by atoms with E-state index in [9.17, 15) is 9.59 Å². The number of carbonyl (C=O) groups is 2. The molecule has 116 valence electrons. The number of carboxylic acid groups (broad SMARTS) is 1. The molecule has 0 spiro atoms. The van der Waals surface area contributed by atoms with Crippen molar-refractivity contribution in [2.75, 3.05) is 18.8 Å². The van der Waals surface area contributed by atoms with Gasteiger partial charge in [-0.05, 0) is 19.3 Å². The molecular formula is C13H20N4O3S. The SMILES string of the molecule is CCCc1nnc(SCC(=O)O)n1CC(=O)N1CCCC1. The second-order valence-electron chi connectivity index (χ2n) is 5.01. The lowest BCUT2D eigenvalue weighted by Crippen LogP contribution is -2.31. The minimum atomic E-state index is -0.905. The largest absolute Gasteiger partial charge is 0.481 e. The molecule has 1 N–H and O–H groups in total. The van der Waals surface area contributed by atoms with Crippen molar-refractivity contribution < 1.29 is 14.7 Å². The number of hydrogen-bond donors (Lipinski definition) is 1. The van der Waals surface area contributed by atoms with Gasteiger partial charge in [0.05, 0.1) is 5.75 Å². The summed E-state index contributed by atoms with van der Waals surface area (Å²) in [4.78, 5) is 24.8. The van der Waals surface area contributed by atoms with Gasteiger partial charge in [-0.2, -0.15) is 0 Å². The summed E-state index contributed by atoms with van der Waals surface area (Å²) in [5.41, 5.74) is 0. The number of carbonyl (C=O) groups excluding carboxylic acids is 1. The molecule has 0 atom stereocenters. The number of thioether (sulfide) groups is 1. The highest BCUT2D eigenvalue weighted by molar-refractivity contribution is 7.99. The predicted molar refractivity (Wildman–Crippen MR) is 78.2 cm³/mol. The summed E-state index contributed by atoms with van der Waals surface area (Å²) >= 11 is 1.11. The van der Waals surface area contributed by atoms with E-state index in [4.69, 9.17) is 5.11 Å². The van der Waals surface area contributed by atoms with Gasteiger partial charge < -0.3 is 10.0 Å². The van der Waals surface area contributed by atoms with E-state index in [1.807, 2.05) is 11.8 Å². The lowest BCUT2D eigenvalue weighted by atomic mass is 10.3. The molecule has 0 radical (unpaired) electrons. The van der Waals surface area contributed by atoms with Gasteiger partial charge in [0.25, 0.3) is 0 Å². The lowest BCUT2D eigenvalue weighted by molar-refractivity contribution is -0.134. The third-order valence-corrected chi connectivity index (χ3v) is 4.30. The van der Waals surface area contributed by atoms with Crippen LogP contribution in [0, 0.1) is 0 Å². The van der Waals surface area contributed by atoms with Gasteiger partial charge in [-0.1, -0.05) is 18.7 Å². The Balaban J connectivity index is 2.11. The van der Waals surface area contributed by atoms with Gasteiger partial charge in [0, 0.05) is 19.5 Å². The molecule has 2 heterocycles. The average Bonchev–Trinajstić information content (AvgIpc) is 3.08. The highest BCUT2D eigenvalue weighted by atomic mass is 32.2. The Morgan fingerprint density at radius 2 is 2.00 bits per heavy atom. The average molecular weight is 312 g/mol. The molecule has 0 saturated carbocycles. The lowest BCUT2D eigenvalue weighted by Gasteiger charge is -2.17. The molecule has 0 aromatic carbocycles. The zero-order chi connectivity index (χ0) is 15.2. The number of aromatic nitrogens is 3. The fourth-order valence-corrected chi connectivity index (χ4v) is 3.00. The number of hydrogen-bond acceptors (Lipinski definition) is 5. The monoisotopic (exact) mass is 312 g/mol. The van der Waals surface area contributed by atoms with Crippen LogP contribution in [0.4, 0.5) is 0 Å². The van der Waals surface area contributed by atoms with Crippen molar-refractivity contribution in [1.29, 1.82) is 0 Å². The molecule has 1 aliphatic heterocycles. The second-order valence-corrected chi connectivity index (χ2v) is 5.95. The van der Waals surface area contributed by atoms with Crippen LogP contribution in [0.15, 0.2) is 5.16 Å². The Bertz CT molecular complexity index is 512. The van der Waals surface area contributed by atoms with E-state index in [0.717, 1.165) is 56.4 Å². The number of aryl methyl sites for hydroxylation is 1. The Labute approximate surface area is 127 Å². The number of nitrogens with zero attached hydrogens (tertiary/aromatic N) is 4. The standard InChI is InChI=1S/C13H20N4O3S/c1-2-5-10-14-15-13(21-9-12(19)20)17(10)8-11(18)16-6-3-4-7-16/h2-9H2,1H3,(H,19,20). The zero-order valence-electron chi connectivity index (χ0n) is 12.1. The molecule has 1 aromatic rings. The normalized spacial score (nSPS) is 14.6. The molecule has 7 nitrogen and oxygen atoms in total.